The Hall–Kier alpha value is -0.490. The third-order valence-corrected chi connectivity index (χ3v) is 2.92. The Morgan fingerprint density at radius 1 is 1.16 bits per heavy atom. The van der Waals surface area contributed by atoms with Gasteiger partial charge in [0.15, 0.2) is 5.96 Å². The first-order chi connectivity index (χ1) is 8.76. The molecule has 3 nitrogen and oxygen atoms in total. The van der Waals surface area contributed by atoms with Crippen LogP contribution in [0, 0.1) is 0 Å². The van der Waals surface area contributed by atoms with Gasteiger partial charge in [-0.25, -0.2) is 0 Å². The highest BCUT2D eigenvalue weighted by Crippen LogP contribution is 2.09. The highest BCUT2D eigenvalue weighted by atomic mass is 127. The van der Waals surface area contributed by atoms with Gasteiger partial charge in [-0.1, -0.05) is 37.1 Å². The molecule has 0 fully saturated rings. The van der Waals surface area contributed by atoms with Crippen LogP contribution in [0.25, 0.3) is 0 Å². The summed E-state index contributed by atoms with van der Waals surface area (Å²) < 4.78 is 0. The van der Waals surface area contributed by atoms with Crippen LogP contribution in [0.5, 0.6) is 0 Å². The van der Waals surface area contributed by atoms with Gasteiger partial charge in [0.25, 0.3) is 0 Å². The van der Waals surface area contributed by atoms with Crippen molar-refractivity contribution in [1.29, 1.82) is 0 Å². The van der Waals surface area contributed by atoms with Crippen molar-refractivity contribution in [3.63, 3.8) is 0 Å². The van der Waals surface area contributed by atoms with Crippen LogP contribution >= 0.6 is 35.6 Å². The lowest BCUT2D eigenvalue weighted by molar-refractivity contribution is 0.727. The van der Waals surface area contributed by atoms with E-state index in [9.17, 15) is 0 Å². The largest absolute Gasteiger partial charge is 0.356 e. The first-order valence-corrected chi connectivity index (χ1v) is 6.83. The molecule has 0 aliphatic rings. The van der Waals surface area contributed by atoms with E-state index >= 15 is 0 Å². The molecule has 0 saturated heterocycles. The van der Waals surface area contributed by atoms with E-state index in [-0.39, 0.29) is 24.0 Å². The molecule has 0 aliphatic heterocycles. The van der Waals surface area contributed by atoms with Crippen LogP contribution in [0.3, 0.4) is 0 Å². The number of nitrogens with zero attached hydrogens (tertiary/aromatic N) is 1. The van der Waals surface area contributed by atoms with Gasteiger partial charge in [0, 0.05) is 25.2 Å². The van der Waals surface area contributed by atoms with Crippen molar-refractivity contribution in [3.05, 3.63) is 34.9 Å². The van der Waals surface area contributed by atoms with Crippen LogP contribution < -0.4 is 10.6 Å². The summed E-state index contributed by atoms with van der Waals surface area (Å²) in [6.45, 7) is 4.02. The molecular formula is C14H23ClIN3. The van der Waals surface area contributed by atoms with Crippen LogP contribution in [0.2, 0.25) is 5.02 Å². The van der Waals surface area contributed by atoms with Crippen LogP contribution in [-0.4, -0.2) is 26.1 Å². The molecule has 2 N–H and O–H groups in total. The smallest absolute Gasteiger partial charge is 0.190 e. The fraction of sp³-hybridized carbons (Fsp3) is 0.500. The second kappa shape index (κ2) is 11.3. The van der Waals surface area contributed by atoms with Gasteiger partial charge in [-0.15, -0.1) is 24.0 Å². The Balaban J connectivity index is 0.00000324. The van der Waals surface area contributed by atoms with Crippen LogP contribution in [0.4, 0.5) is 0 Å². The molecule has 0 saturated carbocycles. The standard InChI is InChI=1S/C14H22ClN3.HI/c1-3-4-10-17-14(16-2)18-11-9-12-5-7-13(15)8-6-12;/h5-8H,3-4,9-11H2,1-2H3,(H2,16,17,18);1H. The molecule has 1 rings (SSSR count). The highest BCUT2D eigenvalue weighted by Gasteiger charge is 1.97. The van der Waals surface area contributed by atoms with Gasteiger partial charge in [-0.2, -0.15) is 0 Å². The van der Waals surface area contributed by atoms with Crippen molar-refractivity contribution in [1.82, 2.24) is 10.6 Å². The Bertz CT molecular complexity index is 365. The summed E-state index contributed by atoms with van der Waals surface area (Å²) in [4.78, 5) is 4.18. The van der Waals surface area contributed by atoms with Crippen molar-refractivity contribution in [2.45, 2.75) is 26.2 Å². The average Bonchev–Trinajstić information content (AvgIpc) is 2.39. The number of unbranched alkanes of at least 4 members (excludes halogenated alkanes) is 1. The average molecular weight is 396 g/mol. The van der Waals surface area contributed by atoms with Gasteiger partial charge in [0.2, 0.25) is 0 Å². The van der Waals surface area contributed by atoms with Crippen molar-refractivity contribution in [2.75, 3.05) is 20.1 Å². The SMILES string of the molecule is CCCCNC(=NC)NCCc1ccc(Cl)cc1.I. The summed E-state index contributed by atoms with van der Waals surface area (Å²) >= 11 is 5.84. The summed E-state index contributed by atoms with van der Waals surface area (Å²) in [5.74, 6) is 0.873. The number of guanidine groups is 1. The maximum Gasteiger partial charge on any atom is 0.190 e. The number of benzene rings is 1. The van der Waals surface area contributed by atoms with Gasteiger partial charge in [-0.05, 0) is 30.5 Å². The zero-order valence-electron chi connectivity index (χ0n) is 11.6. The summed E-state index contributed by atoms with van der Waals surface area (Å²) in [6.07, 6.45) is 3.32. The number of hydrogen-bond donors (Lipinski definition) is 2. The molecule has 1 aromatic carbocycles. The summed E-state index contributed by atoms with van der Waals surface area (Å²) in [5.41, 5.74) is 1.27. The second-order valence-electron chi connectivity index (χ2n) is 4.16. The monoisotopic (exact) mass is 395 g/mol. The van der Waals surface area contributed by atoms with Gasteiger partial charge in [-0.3, -0.25) is 4.99 Å². The molecule has 0 unspecified atom stereocenters. The van der Waals surface area contributed by atoms with E-state index < -0.39 is 0 Å². The minimum Gasteiger partial charge on any atom is -0.356 e. The van der Waals surface area contributed by atoms with E-state index in [0.717, 1.165) is 36.9 Å². The fourth-order valence-corrected chi connectivity index (χ4v) is 1.71. The molecule has 0 spiro atoms. The minimum absolute atomic E-state index is 0. The molecule has 5 heteroatoms. The summed E-state index contributed by atoms with van der Waals surface area (Å²) in [6, 6.07) is 7.95. The van der Waals surface area contributed by atoms with Crippen molar-refractivity contribution in [3.8, 4) is 0 Å². The Kier molecular flexibility index (Phi) is 11.1. The number of nitrogens with one attached hydrogen (secondary N) is 2. The van der Waals surface area contributed by atoms with E-state index in [2.05, 4.69) is 34.7 Å². The molecule has 0 radical (unpaired) electrons. The zero-order chi connectivity index (χ0) is 13.2. The zero-order valence-corrected chi connectivity index (χ0v) is 14.7. The molecular weight excluding hydrogens is 373 g/mol. The van der Waals surface area contributed by atoms with Crippen LogP contribution in [-0.2, 0) is 6.42 Å². The molecule has 0 amide bonds. The Morgan fingerprint density at radius 3 is 2.37 bits per heavy atom. The van der Waals surface area contributed by atoms with Gasteiger partial charge in [0.1, 0.15) is 0 Å². The van der Waals surface area contributed by atoms with Crippen LogP contribution in [0.15, 0.2) is 29.3 Å². The van der Waals surface area contributed by atoms with E-state index in [1.165, 1.54) is 12.0 Å². The minimum atomic E-state index is 0. The maximum atomic E-state index is 5.84. The second-order valence-corrected chi connectivity index (χ2v) is 4.59. The first-order valence-electron chi connectivity index (χ1n) is 6.45. The molecule has 0 aliphatic carbocycles. The maximum absolute atomic E-state index is 5.84. The van der Waals surface area contributed by atoms with E-state index in [1.807, 2.05) is 12.1 Å². The molecule has 1 aromatic rings. The number of halogens is 2. The molecule has 0 atom stereocenters. The quantitative estimate of drug-likeness (QED) is 0.335. The summed E-state index contributed by atoms with van der Waals surface area (Å²) in [5, 5.41) is 7.36. The lowest BCUT2D eigenvalue weighted by Gasteiger charge is -2.11. The predicted molar refractivity (Wildman–Crippen MR) is 94.8 cm³/mol. The molecule has 108 valence electrons. The number of aliphatic imine (C=N–C) groups is 1. The molecule has 0 aromatic heterocycles. The Morgan fingerprint density at radius 2 is 1.79 bits per heavy atom. The van der Waals surface area contributed by atoms with E-state index in [0.29, 0.717) is 0 Å². The third-order valence-electron chi connectivity index (χ3n) is 2.67. The normalized spacial score (nSPS) is 10.8. The fourth-order valence-electron chi connectivity index (χ4n) is 1.58. The van der Waals surface area contributed by atoms with Crippen molar-refractivity contribution in [2.24, 2.45) is 4.99 Å². The molecule has 0 bridgehead atoms. The lowest BCUT2D eigenvalue weighted by Crippen LogP contribution is -2.38. The van der Waals surface area contributed by atoms with Gasteiger partial charge >= 0.3 is 0 Å². The van der Waals surface area contributed by atoms with Crippen LogP contribution in [0.1, 0.15) is 25.3 Å². The van der Waals surface area contributed by atoms with Gasteiger partial charge in [0.05, 0.1) is 0 Å². The van der Waals surface area contributed by atoms with E-state index in [4.69, 9.17) is 11.6 Å². The van der Waals surface area contributed by atoms with Crippen molar-refractivity contribution >= 4 is 41.5 Å². The molecule has 0 heterocycles. The number of hydrogen-bond acceptors (Lipinski definition) is 1. The Labute approximate surface area is 138 Å². The van der Waals surface area contributed by atoms with Gasteiger partial charge < -0.3 is 10.6 Å². The highest BCUT2D eigenvalue weighted by molar-refractivity contribution is 14.0. The third kappa shape index (κ3) is 8.31. The predicted octanol–water partition coefficient (Wildman–Crippen LogP) is 3.47. The molecule has 19 heavy (non-hydrogen) atoms. The summed E-state index contributed by atoms with van der Waals surface area (Å²) in [7, 11) is 1.80. The number of rotatable bonds is 6. The first kappa shape index (κ1) is 18.5. The van der Waals surface area contributed by atoms with Crippen molar-refractivity contribution < 1.29 is 0 Å². The lowest BCUT2D eigenvalue weighted by atomic mass is 10.1. The van der Waals surface area contributed by atoms with E-state index in [1.54, 1.807) is 7.05 Å². The topological polar surface area (TPSA) is 36.4 Å².